The molecule has 0 bridgehead atoms. The van der Waals surface area contributed by atoms with E-state index in [0.717, 1.165) is 5.69 Å². The fourth-order valence-electron chi connectivity index (χ4n) is 3.60. The second-order valence-corrected chi connectivity index (χ2v) is 7.37. The van der Waals surface area contributed by atoms with Gasteiger partial charge in [-0.2, -0.15) is 0 Å². The second kappa shape index (κ2) is 6.67. The van der Waals surface area contributed by atoms with Crippen molar-refractivity contribution in [1.82, 2.24) is 0 Å². The molecule has 3 aromatic carbocycles. The highest BCUT2D eigenvalue weighted by atomic mass is 16.3. The molecule has 6 heteroatoms. The molecule has 0 radical (unpaired) electrons. The molecule has 29 heavy (non-hydrogen) atoms. The maximum Gasteiger partial charge on any atom is 0.200 e. The van der Waals surface area contributed by atoms with E-state index in [1.54, 1.807) is 0 Å². The highest BCUT2D eigenvalue weighted by Crippen LogP contribution is 2.42. The summed E-state index contributed by atoms with van der Waals surface area (Å²) in [7, 11) is 0. The molecule has 0 amide bonds. The maximum atomic E-state index is 13.2. The van der Waals surface area contributed by atoms with Crippen LogP contribution in [0.25, 0.3) is 0 Å². The lowest BCUT2D eigenvalue weighted by atomic mass is 9.81. The third kappa shape index (κ3) is 2.89. The van der Waals surface area contributed by atoms with Gasteiger partial charge < -0.3 is 21.3 Å². The number of ketones is 2. The monoisotopic (exact) mass is 388 g/mol. The molecule has 0 atom stereocenters. The van der Waals surface area contributed by atoms with E-state index in [2.05, 4.69) is 19.2 Å². The summed E-state index contributed by atoms with van der Waals surface area (Å²) < 4.78 is 0. The molecule has 4 rings (SSSR count). The molecular weight excluding hydrogens is 368 g/mol. The van der Waals surface area contributed by atoms with Crippen molar-refractivity contribution in [3.8, 4) is 11.5 Å². The number of nitrogens with one attached hydrogen (secondary N) is 1. The summed E-state index contributed by atoms with van der Waals surface area (Å²) in [6.45, 7) is 4.19. The van der Waals surface area contributed by atoms with Gasteiger partial charge in [0.2, 0.25) is 11.6 Å². The van der Waals surface area contributed by atoms with Gasteiger partial charge in [-0.1, -0.05) is 26.0 Å². The zero-order chi connectivity index (χ0) is 20.9. The molecule has 1 aliphatic carbocycles. The van der Waals surface area contributed by atoms with Crippen LogP contribution in [0.15, 0.2) is 48.5 Å². The first-order valence-corrected chi connectivity index (χ1v) is 9.23. The van der Waals surface area contributed by atoms with Gasteiger partial charge in [0.05, 0.1) is 27.9 Å². The molecule has 3 aromatic rings. The van der Waals surface area contributed by atoms with Crippen molar-refractivity contribution in [3.05, 3.63) is 76.3 Å². The smallest absolute Gasteiger partial charge is 0.200 e. The molecule has 0 fully saturated rings. The van der Waals surface area contributed by atoms with Crippen LogP contribution in [0.5, 0.6) is 11.5 Å². The van der Waals surface area contributed by atoms with Gasteiger partial charge in [0.1, 0.15) is 11.5 Å². The maximum absolute atomic E-state index is 13.2. The molecule has 5 N–H and O–H groups in total. The third-order valence-corrected chi connectivity index (χ3v) is 5.16. The van der Waals surface area contributed by atoms with Crippen LogP contribution in [0.4, 0.5) is 17.1 Å². The number of anilines is 3. The van der Waals surface area contributed by atoms with Gasteiger partial charge in [0, 0.05) is 11.4 Å². The van der Waals surface area contributed by atoms with E-state index in [1.807, 2.05) is 24.3 Å². The van der Waals surface area contributed by atoms with Gasteiger partial charge in [-0.25, -0.2) is 0 Å². The molecule has 0 aliphatic heterocycles. The van der Waals surface area contributed by atoms with E-state index in [0.29, 0.717) is 11.6 Å². The Kier molecular flexibility index (Phi) is 4.27. The molecule has 1 aliphatic rings. The zero-order valence-electron chi connectivity index (χ0n) is 16.0. The van der Waals surface area contributed by atoms with E-state index in [-0.39, 0.29) is 39.4 Å². The summed E-state index contributed by atoms with van der Waals surface area (Å²) in [5, 5.41) is 23.7. The number of phenols is 2. The van der Waals surface area contributed by atoms with Crippen LogP contribution < -0.4 is 11.1 Å². The van der Waals surface area contributed by atoms with Crippen LogP contribution in [-0.2, 0) is 0 Å². The van der Waals surface area contributed by atoms with Gasteiger partial charge in [-0.05, 0) is 47.9 Å². The second-order valence-electron chi connectivity index (χ2n) is 7.37. The number of phenolic OH excluding ortho intramolecular Hbond substituents is 2. The van der Waals surface area contributed by atoms with Crippen LogP contribution in [0.3, 0.4) is 0 Å². The summed E-state index contributed by atoms with van der Waals surface area (Å²) in [6, 6.07) is 13.3. The number of benzene rings is 3. The standard InChI is InChI=1S/C23H20N2O4/c1-11(2)12-3-5-13(6-4-12)25-15-8-10-17(27)21-19(15)23(29)20-16(26)9-7-14(24)18(20)22(21)28/h3-11,25-27H,24H2,1-2H3. The number of aromatic hydroxyl groups is 2. The topological polar surface area (TPSA) is 113 Å². The Hall–Kier alpha value is -3.80. The predicted octanol–water partition coefficient (Wildman–Crippen LogP) is 4.32. The fourth-order valence-corrected chi connectivity index (χ4v) is 3.60. The van der Waals surface area contributed by atoms with E-state index in [1.165, 1.54) is 29.8 Å². The van der Waals surface area contributed by atoms with Gasteiger partial charge in [0.25, 0.3) is 0 Å². The van der Waals surface area contributed by atoms with Crippen LogP contribution in [0.1, 0.15) is 57.2 Å². The van der Waals surface area contributed by atoms with E-state index >= 15 is 0 Å². The van der Waals surface area contributed by atoms with Crippen molar-refractivity contribution in [2.24, 2.45) is 0 Å². The Balaban J connectivity index is 1.85. The Bertz CT molecular complexity index is 1160. The lowest BCUT2D eigenvalue weighted by Gasteiger charge is -2.23. The summed E-state index contributed by atoms with van der Waals surface area (Å²) in [4.78, 5) is 26.3. The fraction of sp³-hybridized carbons (Fsp3) is 0.130. The quantitative estimate of drug-likeness (QED) is 0.307. The van der Waals surface area contributed by atoms with E-state index < -0.39 is 11.6 Å². The highest BCUT2D eigenvalue weighted by Gasteiger charge is 2.37. The number of hydrogen-bond donors (Lipinski definition) is 4. The number of nitrogen functional groups attached to an aromatic ring is 1. The van der Waals surface area contributed by atoms with Gasteiger partial charge in [-0.3, -0.25) is 9.59 Å². The van der Waals surface area contributed by atoms with Crippen LogP contribution >= 0.6 is 0 Å². The van der Waals surface area contributed by atoms with E-state index in [9.17, 15) is 19.8 Å². The number of hydrogen-bond acceptors (Lipinski definition) is 6. The number of nitrogens with two attached hydrogens (primary N) is 1. The summed E-state index contributed by atoms with van der Waals surface area (Å²) >= 11 is 0. The Morgan fingerprint density at radius 3 is 1.93 bits per heavy atom. The highest BCUT2D eigenvalue weighted by molar-refractivity contribution is 6.33. The lowest BCUT2D eigenvalue weighted by Crippen LogP contribution is -2.23. The molecule has 0 saturated heterocycles. The molecular formula is C23H20N2O4. The van der Waals surface area contributed by atoms with Crippen molar-refractivity contribution in [1.29, 1.82) is 0 Å². The van der Waals surface area contributed by atoms with Crippen molar-refractivity contribution in [2.75, 3.05) is 11.1 Å². The molecule has 0 heterocycles. The minimum absolute atomic E-state index is 0.0105. The molecule has 146 valence electrons. The molecule has 0 saturated carbocycles. The minimum atomic E-state index is -0.598. The zero-order valence-corrected chi connectivity index (χ0v) is 16.0. The number of carbonyl (C=O) groups excluding carboxylic acids is 2. The first-order chi connectivity index (χ1) is 13.8. The number of rotatable bonds is 3. The largest absolute Gasteiger partial charge is 0.507 e. The Morgan fingerprint density at radius 2 is 1.31 bits per heavy atom. The Morgan fingerprint density at radius 1 is 0.759 bits per heavy atom. The first-order valence-electron chi connectivity index (χ1n) is 9.23. The Labute approximate surface area is 167 Å². The average molecular weight is 388 g/mol. The number of fused-ring (bicyclic) bond motifs is 2. The lowest BCUT2D eigenvalue weighted by molar-refractivity contribution is 0.0975. The summed E-state index contributed by atoms with van der Waals surface area (Å²) in [6.07, 6.45) is 0. The summed E-state index contributed by atoms with van der Waals surface area (Å²) in [5.41, 5.74) is 7.88. The van der Waals surface area contributed by atoms with Crippen LogP contribution in [0.2, 0.25) is 0 Å². The molecule has 0 unspecified atom stereocenters. The minimum Gasteiger partial charge on any atom is -0.507 e. The van der Waals surface area contributed by atoms with Crippen LogP contribution in [0, 0.1) is 0 Å². The third-order valence-electron chi connectivity index (χ3n) is 5.16. The van der Waals surface area contributed by atoms with Crippen LogP contribution in [-0.4, -0.2) is 21.8 Å². The van der Waals surface area contributed by atoms with Gasteiger partial charge in [-0.15, -0.1) is 0 Å². The first kappa shape index (κ1) is 18.6. The van der Waals surface area contributed by atoms with Crippen molar-refractivity contribution in [2.45, 2.75) is 19.8 Å². The van der Waals surface area contributed by atoms with E-state index in [4.69, 9.17) is 5.73 Å². The normalized spacial score (nSPS) is 12.7. The molecule has 0 aromatic heterocycles. The number of carbonyl (C=O) groups is 2. The average Bonchev–Trinajstić information content (AvgIpc) is 2.69. The van der Waals surface area contributed by atoms with Crippen molar-refractivity contribution in [3.63, 3.8) is 0 Å². The SMILES string of the molecule is CC(C)c1ccc(Nc2ccc(O)c3c2C(=O)c2c(O)ccc(N)c2C3=O)cc1. The molecule has 0 spiro atoms. The predicted molar refractivity (Wildman–Crippen MR) is 111 cm³/mol. The van der Waals surface area contributed by atoms with Crippen molar-refractivity contribution >= 4 is 28.6 Å². The molecule has 6 nitrogen and oxygen atoms in total. The van der Waals surface area contributed by atoms with Gasteiger partial charge >= 0.3 is 0 Å². The van der Waals surface area contributed by atoms with Crippen molar-refractivity contribution < 1.29 is 19.8 Å². The van der Waals surface area contributed by atoms with Gasteiger partial charge in [0.15, 0.2) is 0 Å². The summed E-state index contributed by atoms with van der Waals surface area (Å²) in [5.74, 6) is -1.42.